The fourth-order valence-corrected chi connectivity index (χ4v) is 0.949. The van der Waals surface area contributed by atoms with Crippen molar-refractivity contribution < 1.29 is 4.74 Å². The molecular formula is C8H7ClO. The average Bonchev–Trinajstić information content (AvgIpc) is 1.88. The maximum atomic E-state index is 5.72. The van der Waals surface area contributed by atoms with Crippen molar-refractivity contribution in [1.82, 2.24) is 0 Å². The predicted molar refractivity (Wildman–Crippen MR) is 41.4 cm³/mol. The molecule has 0 aromatic heterocycles. The Kier molecular flexibility index (Phi) is 2.17. The van der Waals surface area contributed by atoms with Gasteiger partial charge in [0.2, 0.25) is 0 Å². The van der Waals surface area contributed by atoms with E-state index >= 15 is 0 Å². The summed E-state index contributed by atoms with van der Waals surface area (Å²) in [5.74, 6) is 0.649. The molecule has 0 aliphatic carbocycles. The van der Waals surface area contributed by atoms with Crippen molar-refractivity contribution in [3.8, 4) is 5.75 Å². The molecule has 1 rings (SSSR count). The van der Waals surface area contributed by atoms with Crippen LogP contribution in [-0.4, -0.2) is 7.11 Å². The highest BCUT2D eigenvalue weighted by molar-refractivity contribution is 6.32. The van der Waals surface area contributed by atoms with Gasteiger partial charge in [-0.2, -0.15) is 0 Å². The van der Waals surface area contributed by atoms with Crippen molar-refractivity contribution in [2.75, 3.05) is 7.11 Å². The van der Waals surface area contributed by atoms with Crippen molar-refractivity contribution in [2.24, 2.45) is 0 Å². The zero-order chi connectivity index (χ0) is 7.56. The van der Waals surface area contributed by atoms with Crippen LogP contribution >= 0.6 is 11.6 Å². The quantitative estimate of drug-likeness (QED) is 0.604. The average molecular weight is 155 g/mol. The first-order valence-corrected chi connectivity index (χ1v) is 3.21. The zero-order valence-electron chi connectivity index (χ0n) is 5.60. The molecule has 1 nitrogen and oxygen atoms in total. The summed E-state index contributed by atoms with van der Waals surface area (Å²) in [6.45, 7) is 5.44. The van der Waals surface area contributed by atoms with Crippen molar-refractivity contribution >= 4 is 11.6 Å². The first-order valence-electron chi connectivity index (χ1n) is 2.83. The van der Waals surface area contributed by atoms with Gasteiger partial charge in [0.15, 0.2) is 0 Å². The summed E-state index contributed by atoms with van der Waals surface area (Å²) in [7, 11) is 1.57. The van der Waals surface area contributed by atoms with Crippen molar-refractivity contribution in [3.05, 3.63) is 35.7 Å². The van der Waals surface area contributed by atoms with Gasteiger partial charge in [-0.15, -0.1) is 0 Å². The molecule has 0 bridgehead atoms. The normalized spacial score (nSPS) is 9.50. The van der Waals surface area contributed by atoms with E-state index in [1.54, 1.807) is 25.3 Å². The lowest BCUT2D eigenvalue weighted by Gasteiger charge is -2.01. The second-order valence-electron chi connectivity index (χ2n) is 1.89. The van der Waals surface area contributed by atoms with Crippen LogP contribution in [-0.2, 0) is 0 Å². The van der Waals surface area contributed by atoms with E-state index in [1.165, 1.54) is 0 Å². The molecule has 1 aromatic rings. The standard InChI is InChI=1S/C8H7ClO/c1-6-3-4-8(10-2)7(9)5-6/h1,3-5H,2H3. The number of ether oxygens (including phenoxy) is 1. The van der Waals surface area contributed by atoms with Crippen molar-refractivity contribution in [1.29, 1.82) is 0 Å². The summed E-state index contributed by atoms with van der Waals surface area (Å²) in [6.07, 6.45) is 0. The molecule has 52 valence electrons. The van der Waals surface area contributed by atoms with Crippen LogP contribution in [0.15, 0.2) is 18.2 Å². The van der Waals surface area contributed by atoms with E-state index in [4.69, 9.17) is 23.3 Å². The second-order valence-corrected chi connectivity index (χ2v) is 2.30. The molecule has 0 N–H and O–H groups in total. The monoisotopic (exact) mass is 154 g/mol. The Labute approximate surface area is 65.6 Å². The van der Waals surface area contributed by atoms with Gasteiger partial charge in [-0.05, 0) is 24.6 Å². The Hall–Kier alpha value is -0.690. The van der Waals surface area contributed by atoms with E-state index in [2.05, 4.69) is 0 Å². The van der Waals surface area contributed by atoms with Gasteiger partial charge in [-0.1, -0.05) is 17.7 Å². The number of benzene rings is 1. The molecule has 0 atom stereocenters. The molecule has 0 unspecified atom stereocenters. The number of hydrogen-bond acceptors (Lipinski definition) is 1. The van der Waals surface area contributed by atoms with Crippen LogP contribution in [0.1, 0.15) is 5.56 Å². The summed E-state index contributed by atoms with van der Waals surface area (Å²) in [6, 6.07) is 5.13. The van der Waals surface area contributed by atoms with Gasteiger partial charge >= 0.3 is 0 Å². The highest BCUT2D eigenvalue weighted by atomic mass is 35.5. The Morgan fingerprint density at radius 2 is 2.20 bits per heavy atom. The van der Waals surface area contributed by atoms with Crippen LogP contribution in [0.25, 0.3) is 0 Å². The Balaban J connectivity index is 3.07. The van der Waals surface area contributed by atoms with E-state index in [-0.39, 0.29) is 0 Å². The second kappa shape index (κ2) is 2.93. The van der Waals surface area contributed by atoms with Gasteiger partial charge in [0.1, 0.15) is 5.75 Å². The van der Waals surface area contributed by atoms with E-state index in [9.17, 15) is 0 Å². The lowest BCUT2D eigenvalue weighted by molar-refractivity contribution is 0.415. The SMILES string of the molecule is [CH]c1ccc(OC)c(Cl)c1. The van der Waals surface area contributed by atoms with Gasteiger partial charge in [-0.3, -0.25) is 0 Å². The maximum Gasteiger partial charge on any atom is 0.137 e. The van der Waals surface area contributed by atoms with Crippen molar-refractivity contribution in [2.45, 2.75) is 0 Å². The van der Waals surface area contributed by atoms with Crippen LogP contribution in [0, 0.1) is 6.92 Å². The van der Waals surface area contributed by atoms with E-state index in [0.29, 0.717) is 16.3 Å². The van der Waals surface area contributed by atoms with Crippen LogP contribution in [0.3, 0.4) is 0 Å². The van der Waals surface area contributed by atoms with E-state index < -0.39 is 0 Å². The molecule has 0 aliphatic rings. The fourth-order valence-electron chi connectivity index (χ4n) is 0.683. The Bertz CT molecular complexity index is 233. The van der Waals surface area contributed by atoms with Crippen LogP contribution in [0.5, 0.6) is 5.75 Å². The first kappa shape index (κ1) is 7.42. The highest BCUT2D eigenvalue weighted by Gasteiger charge is 1.97. The molecule has 2 radical (unpaired) electrons. The maximum absolute atomic E-state index is 5.72. The smallest absolute Gasteiger partial charge is 0.137 e. The van der Waals surface area contributed by atoms with Crippen LogP contribution in [0.4, 0.5) is 0 Å². The predicted octanol–water partition coefficient (Wildman–Crippen LogP) is 2.41. The summed E-state index contributed by atoms with van der Waals surface area (Å²) >= 11 is 5.72. The molecule has 1 aromatic carbocycles. The number of rotatable bonds is 1. The molecular weight excluding hydrogens is 148 g/mol. The summed E-state index contributed by atoms with van der Waals surface area (Å²) in [5.41, 5.74) is 0.644. The summed E-state index contributed by atoms with van der Waals surface area (Å²) in [4.78, 5) is 0. The Morgan fingerprint density at radius 1 is 1.50 bits per heavy atom. The lowest BCUT2D eigenvalue weighted by atomic mass is 10.2. The van der Waals surface area contributed by atoms with Gasteiger partial charge in [-0.25, -0.2) is 0 Å². The molecule has 10 heavy (non-hydrogen) atoms. The number of halogens is 1. The highest BCUT2D eigenvalue weighted by Crippen LogP contribution is 2.24. The van der Waals surface area contributed by atoms with Crippen LogP contribution in [0.2, 0.25) is 5.02 Å². The van der Waals surface area contributed by atoms with E-state index in [1.807, 2.05) is 0 Å². The third kappa shape index (κ3) is 1.42. The minimum Gasteiger partial charge on any atom is -0.495 e. The summed E-state index contributed by atoms with van der Waals surface area (Å²) in [5, 5.41) is 0.544. The van der Waals surface area contributed by atoms with Crippen LogP contribution < -0.4 is 4.74 Å². The molecule has 0 saturated carbocycles. The van der Waals surface area contributed by atoms with Crippen molar-refractivity contribution in [3.63, 3.8) is 0 Å². The van der Waals surface area contributed by atoms with Gasteiger partial charge in [0.05, 0.1) is 12.1 Å². The summed E-state index contributed by atoms with van der Waals surface area (Å²) < 4.78 is 4.91. The molecule has 0 aliphatic heterocycles. The fraction of sp³-hybridized carbons (Fsp3) is 0.125. The molecule has 0 spiro atoms. The van der Waals surface area contributed by atoms with Gasteiger partial charge in [0, 0.05) is 0 Å². The topological polar surface area (TPSA) is 9.23 Å². The van der Waals surface area contributed by atoms with Gasteiger partial charge < -0.3 is 4.74 Å². The molecule has 0 saturated heterocycles. The molecule has 0 heterocycles. The Morgan fingerprint density at radius 3 is 2.70 bits per heavy atom. The molecule has 0 amide bonds. The molecule has 2 heteroatoms. The van der Waals surface area contributed by atoms with E-state index in [0.717, 1.165) is 0 Å². The minimum absolute atomic E-state index is 0.544. The zero-order valence-corrected chi connectivity index (χ0v) is 6.35. The number of methoxy groups -OCH3 is 1. The minimum atomic E-state index is 0.544. The third-order valence-corrected chi connectivity index (χ3v) is 1.47. The number of hydrogen-bond donors (Lipinski definition) is 0. The largest absolute Gasteiger partial charge is 0.495 e. The lowest BCUT2D eigenvalue weighted by Crippen LogP contribution is -1.83. The van der Waals surface area contributed by atoms with Gasteiger partial charge in [0.25, 0.3) is 0 Å². The molecule has 0 fully saturated rings. The first-order chi connectivity index (χ1) is 4.74. The third-order valence-electron chi connectivity index (χ3n) is 1.18.